The smallest absolute Gasteiger partial charge is 0.407 e. The number of hydrogen-bond acceptors (Lipinski definition) is 7. The second-order valence-corrected chi connectivity index (χ2v) is 9.04. The molecule has 5 rings (SSSR count). The van der Waals surface area contributed by atoms with Gasteiger partial charge in [0.2, 0.25) is 0 Å². The molecule has 0 saturated heterocycles. The number of benzene rings is 3. The number of fused-ring (bicyclic) bond motifs is 3. The van der Waals surface area contributed by atoms with E-state index in [2.05, 4.69) is 39.9 Å². The molecule has 1 aliphatic carbocycles. The molecule has 10 heteroatoms. The third kappa shape index (κ3) is 5.06. The van der Waals surface area contributed by atoms with Crippen LogP contribution in [0.3, 0.4) is 0 Å². The minimum Gasteiger partial charge on any atom is -0.506 e. The summed E-state index contributed by atoms with van der Waals surface area (Å²) in [6.07, 6.45) is 1.11. The van der Waals surface area contributed by atoms with Crippen molar-refractivity contribution >= 4 is 30.9 Å². The summed E-state index contributed by atoms with van der Waals surface area (Å²) >= 11 is 0. The van der Waals surface area contributed by atoms with Gasteiger partial charge in [-0.25, -0.2) is 9.59 Å². The lowest BCUT2D eigenvalue weighted by Crippen LogP contribution is -2.30. The van der Waals surface area contributed by atoms with Gasteiger partial charge >= 0.3 is 11.8 Å². The van der Waals surface area contributed by atoms with Crippen molar-refractivity contribution in [2.24, 2.45) is 7.05 Å². The predicted molar refractivity (Wildman–Crippen MR) is 148 cm³/mol. The molecule has 9 nitrogen and oxygen atoms in total. The quantitative estimate of drug-likeness (QED) is 0.190. The zero-order valence-corrected chi connectivity index (χ0v) is 21.1. The van der Waals surface area contributed by atoms with Crippen LogP contribution in [-0.4, -0.2) is 48.4 Å². The minimum atomic E-state index is -0.537. The molecule has 0 aliphatic heterocycles. The van der Waals surface area contributed by atoms with E-state index >= 15 is 0 Å². The van der Waals surface area contributed by atoms with Crippen molar-refractivity contribution in [2.45, 2.75) is 5.92 Å². The standard InChI is InChI=1S/C28H27BN4O5/c1-33-15-22(29)26(32-27(33)35)31-25-23(34)11-6-12-24(25)37-14-13-30-28(36)38-16-21-19-9-4-2-7-17(19)18-8-3-5-10-20(18)21/h2-12,15,21,34H,13-14,16,29H2,1H3,(H,30,36)(H,31,32,35). The second-order valence-electron chi connectivity index (χ2n) is 9.04. The average molecular weight is 510 g/mol. The zero-order chi connectivity index (χ0) is 26.6. The van der Waals surface area contributed by atoms with Crippen LogP contribution in [0.2, 0.25) is 0 Å². The molecule has 0 bridgehead atoms. The van der Waals surface area contributed by atoms with Gasteiger partial charge in [-0.05, 0) is 39.8 Å². The van der Waals surface area contributed by atoms with Gasteiger partial charge < -0.3 is 29.8 Å². The Labute approximate surface area is 220 Å². The lowest BCUT2D eigenvalue weighted by atomic mass is 9.98. The van der Waals surface area contributed by atoms with E-state index in [0.29, 0.717) is 11.6 Å². The van der Waals surface area contributed by atoms with Gasteiger partial charge in [-0.15, -0.1) is 0 Å². The van der Waals surface area contributed by atoms with Crippen LogP contribution in [0, 0.1) is 0 Å². The topological polar surface area (TPSA) is 115 Å². The molecule has 0 atom stereocenters. The zero-order valence-electron chi connectivity index (χ0n) is 21.1. The number of phenols is 1. The number of amides is 1. The van der Waals surface area contributed by atoms with Gasteiger partial charge in [0.05, 0.1) is 6.54 Å². The fourth-order valence-corrected chi connectivity index (χ4v) is 4.64. The molecule has 192 valence electrons. The van der Waals surface area contributed by atoms with Crippen LogP contribution < -0.4 is 26.5 Å². The maximum atomic E-state index is 12.4. The van der Waals surface area contributed by atoms with Crippen molar-refractivity contribution in [3.63, 3.8) is 0 Å². The molecule has 0 saturated carbocycles. The average Bonchev–Trinajstić information content (AvgIpc) is 3.23. The third-order valence-corrected chi connectivity index (χ3v) is 6.49. The predicted octanol–water partition coefficient (Wildman–Crippen LogP) is 2.41. The molecule has 38 heavy (non-hydrogen) atoms. The summed E-state index contributed by atoms with van der Waals surface area (Å²) in [5, 5.41) is 16.1. The molecular formula is C28H27BN4O5. The summed E-state index contributed by atoms with van der Waals surface area (Å²) in [5.74, 6) is 0.587. The first-order valence-electron chi connectivity index (χ1n) is 12.3. The SMILES string of the molecule is Bc1cn(C)c(=O)nc1Nc1c(O)cccc1OCCNC(=O)OCC1c2ccccc2-c2ccccc21. The maximum Gasteiger partial charge on any atom is 0.407 e. The number of nitrogens with one attached hydrogen (secondary N) is 2. The van der Waals surface area contributed by atoms with Crippen molar-refractivity contribution in [3.8, 4) is 22.6 Å². The number of anilines is 2. The summed E-state index contributed by atoms with van der Waals surface area (Å²) in [7, 11) is 3.41. The largest absolute Gasteiger partial charge is 0.506 e. The molecule has 0 radical (unpaired) electrons. The van der Waals surface area contributed by atoms with E-state index in [4.69, 9.17) is 9.47 Å². The Kier molecular flexibility index (Phi) is 7.04. The number of carbonyl (C=O) groups is 1. The van der Waals surface area contributed by atoms with E-state index in [1.807, 2.05) is 24.3 Å². The Hall–Kier alpha value is -4.73. The summed E-state index contributed by atoms with van der Waals surface area (Å²) in [6, 6.07) is 21.1. The number of phenolic OH excluding ortho intramolecular Hbond substituents is 1. The van der Waals surface area contributed by atoms with Crippen LogP contribution in [0.5, 0.6) is 11.5 Å². The molecule has 4 aromatic rings. The van der Waals surface area contributed by atoms with Crippen molar-refractivity contribution in [1.29, 1.82) is 0 Å². The number of rotatable bonds is 8. The highest BCUT2D eigenvalue weighted by Gasteiger charge is 2.29. The van der Waals surface area contributed by atoms with Crippen molar-refractivity contribution in [3.05, 3.63) is 94.5 Å². The number of nitrogens with zero attached hydrogens (tertiary/aromatic N) is 2. The van der Waals surface area contributed by atoms with E-state index in [-0.39, 0.29) is 37.1 Å². The van der Waals surface area contributed by atoms with Crippen LogP contribution in [0.15, 0.2) is 77.7 Å². The Morgan fingerprint density at radius 2 is 1.74 bits per heavy atom. The third-order valence-electron chi connectivity index (χ3n) is 6.49. The van der Waals surface area contributed by atoms with Gasteiger partial charge in [0.15, 0.2) is 0 Å². The van der Waals surface area contributed by atoms with Crippen molar-refractivity contribution in [2.75, 3.05) is 25.1 Å². The van der Waals surface area contributed by atoms with E-state index in [1.54, 1.807) is 33.2 Å². The molecule has 1 amide bonds. The highest BCUT2D eigenvalue weighted by molar-refractivity contribution is 6.35. The first-order chi connectivity index (χ1) is 18.4. The van der Waals surface area contributed by atoms with Gasteiger partial charge in [0.1, 0.15) is 44.1 Å². The molecule has 0 fully saturated rings. The van der Waals surface area contributed by atoms with E-state index < -0.39 is 11.8 Å². The summed E-state index contributed by atoms with van der Waals surface area (Å²) in [6.45, 7) is 0.546. The van der Waals surface area contributed by atoms with Gasteiger partial charge in [0.25, 0.3) is 0 Å². The molecule has 1 aliphatic rings. The maximum absolute atomic E-state index is 12.4. The fraction of sp³-hybridized carbons (Fsp3) is 0.179. The molecule has 0 unspecified atom stereocenters. The number of aryl methyl sites for hydroxylation is 1. The Balaban J connectivity index is 1.16. The molecular weight excluding hydrogens is 483 g/mol. The first kappa shape index (κ1) is 24.9. The minimum absolute atomic E-state index is 0.0165. The highest BCUT2D eigenvalue weighted by atomic mass is 16.5. The molecule has 1 heterocycles. The van der Waals surface area contributed by atoms with Gasteiger partial charge in [-0.3, -0.25) is 0 Å². The van der Waals surface area contributed by atoms with Crippen molar-refractivity contribution < 1.29 is 19.4 Å². The number of ether oxygens (including phenoxy) is 2. The Morgan fingerprint density at radius 1 is 1.05 bits per heavy atom. The molecule has 3 aromatic carbocycles. The molecule has 0 spiro atoms. The first-order valence-corrected chi connectivity index (χ1v) is 12.3. The summed E-state index contributed by atoms with van der Waals surface area (Å²) in [4.78, 5) is 28.4. The van der Waals surface area contributed by atoms with E-state index in [9.17, 15) is 14.7 Å². The molecule has 3 N–H and O–H groups in total. The van der Waals surface area contributed by atoms with E-state index in [0.717, 1.165) is 16.6 Å². The van der Waals surface area contributed by atoms with E-state index in [1.165, 1.54) is 21.8 Å². The van der Waals surface area contributed by atoms with Crippen LogP contribution >= 0.6 is 0 Å². The highest BCUT2D eigenvalue weighted by Crippen LogP contribution is 2.44. The van der Waals surface area contributed by atoms with Gasteiger partial charge in [0, 0.05) is 19.2 Å². The Morgan fingerprint density at radius 3 is 2.45 bits per heavy atom. The summed E-state index contributed by atoms with van der Waals surface area (Å²) in [5.41, 5.74) is 5.20. The molecule has 1 aromatic heterocycles. The van der Waals surface area contributed by atoms with Crippen LogP contribution in [0.4, 0.5) is 16.3 Å². The normalized spacial score (nSPS) is 11.9. The van der Waals surface area contributed by atoms with Gasteiger partial charge in [-0.1, -0.05) is 54.6 Å². The van der Waals surface area contributed by atoms with Crippen LogP contribution in [0.25, 0.3) is 11.1 Å². The number of para-hydroxylation sites is 1. The van der Waals surface area contributed by atoms with Gasteiger partial charge in [-0.2, -0.15) is 4.98 Å². The van der Waals surface area contributed by atoms with Crippen molar-refractivity contribution in [1.82, 2.24) is 14.9 Å². The monoisotopic (exact) mass is 510 g/mol. The van der Waals surface area contributed by atoms with Crippen LogP contribution in [0.1, 0.15) is 17.0 Å². The number of aromatic hydroxyl groups is 1. The number of alkyl carbamates (subject to hydrolysis) is 1. The summed E-state index contributed by atoms with van der Waals surface area (Å²) < 4.78 is 12.7. The lowest BCUT2D eigenvalue weighted by Gasteiger charge is -2.16. The fourth-order valence-electron chi connectivity index (χ4n) is 4.64. The van der Waals surface area contributed by atoms with Crippen LogP contribution in [-0.2, 0) is 11.8 Å². The number of carbonyl (C=O) groups excluding carboxylic acids is 1. The second kappa shape index (κ2) is 10.7. The number of aromatic nitrogens is 2. The lowest BCUT2D eigenvalue weighted by molar-refractivity contribution is 0.141. The number of hydrogen-bond donors (Lipinski definition) is 3. The Bertz CT molecular complexity index is 1510.